The predicted molar refractivity (Wildman–Crippen MR) is 82.1 cm³/mol. The van der Waals surface area contributed by atoms with Gasteiger partial charge in [0.1, 0.15) is 4.60 Å². The first kappa shape index (κ1) is 14.8. The molecule has 0 unspecified atom stereocenters. The van der Waals surface area contributed by atoms with E-state index in [4.69, 9.17) is 16.3 Å². The number of pyridine rings is 1. The molecule has 1 aromatic heterocycles. The first-order valence-corrected chi connectivity index (χ1v) is 7.00. The van der Waals surface area contributed by atoms with Crippen LogP contribution in [0.3, 0.4) is 0 Å². The van der Waals surface area contributed by atoms with Crippen LogP contribution in [0.4, 0.5) is 5.69 Å². The minimum atomic E-state index is -0.433. The molecule has 0 fully saturated rings. The van der Waals surface area contributed by atoms with Gasteiger partial charge in [-0.15, -0.1) is 0 Å². The van der Waals surface area contributed by atoms with Gasteiger partial charge >= 0.3 is 5.97 Å². The summed E-state index contributed by atoms with van der Waals surface area (Å²) in [6.45, 7) is 0.491. The van der Waals surface area contributed by atoms with E-state index in [0.29, 0.717) is 22.8 Å². The zero-order valence-corrected chi connectivity index (χ0v) is 13.0. The molecule has 0 amide bonds. The summed E-state index contributed by atoms with van der Waals surface area (Å²) in [5.74, 6) is -0.433. The zero-order valence-electron chi connectivity index (χ0n) is 10.7. The van der Waals surface area contributed by atoms with Crippen LogP contribution < -0.4 is 5.32 Å². The molecule has 0 atom stereocenters. The molecule has 0 aliphatic heterocycles. The summed E-state index contributed by atoms with van der Waals surface area (Å²) < 4.78 is 5.51. The van der Waals surface area contributed by atoms with Gasteiger partial charge in [-0.3, -0.25) is 0 Å². The summed E-state index contributed by atoms with van der Waals surface area (Å²) in [7, 11) is 1.34. The minimum absolute atomic E-state index is 0.398. The Morgan fingerprint density at radius 3 is 2.90 bits per heavy atom. The van der Waals surface area contributed by atoms with Crippen molar-refractivity contribution < 1.29 is 9.53 Å². The van der Waals surface area contributed by atoms with Gasteiger partial charge in [0.05, 0.1) is 24.9 Å². The molecule has 6 heteroatoms. The lowest BCUT2D eigenvalue weighted by Gasteiger charge is -2.11. The van der Waals surface area contributed by atoms with Gasteiger partial charge in [-0.05, 0) is 46.3 Å². The number of methoxy groups -OCH3 is 1. The van der Waals surface area contributed by atoms with E-state index >= 15 is 0 Å². The third-order valence-corrected chi connectivity index (χ3v) is 3.30. The fourth-order valence-corrected chi connectivity index (χ4v) is 2.24. The van der Waals surface area contributed by atoms with Crippen molar-refractivity contribution in [3.8, 4) is 0 Å². The van der Waals surface area contributed by atoms with E-state index in [0.717, 1.165) is 10.3 Å². The van der Waals surface area contributed by atoms with Crippen molar-refractivity contribution in [2.75, 3.05) is 12.4 Å². The molecule has 0 bridgehead atoms. The Kier molecular flexibility index (Phi) is 4.98. The number of nitrogens with one attached hydrogen (secondary N) is 1. The first-order valence-electron chi connectivity index (χ1n) is 5.83. The minimum Gasteiger partial charge on any atom is -0.465 e. The molecular formula is C14H12BrClN2O2. The van der Waals surface area contributed by atoms with Crippen LogP contribution in [0.2, 0.25) is 5.02 Å². The summed E-state index contributed by atoms with van der Waals surface area (Å²) in [6.07, 6.45) is 0. The summed E-state index contributed by atoms with van der Waals surface area (Å²) in [4.78, 5) is 16.0. The summed E-state index contributed by atoms with van der Waals surface area (Å²) in [6, 6.07) is 10.7. The Labute approximate surface area is 130 Å². The number of carbonyl (C=O) groups excluding carboxylic acids is 1. The largest absolute Gasteiger partial charge is 0.465 e. The highest BCUT2D eigenvalue weighted by atomic mass is 79.9. The van der Waals surface area contributed by atoms with Gasteiger partial charge in [0.2, 0.25) is 0 Å². The van der Waals surface area contributed by atoms with Gasteiger partial charge in [-0.25, -0.2) is 9.78 Å². The molecule has 2 aromatic rings. The lowest BCUT2D eigenvalue weighted by molar-refractivity contribution is 0.0602. The SMILES string of the molecule is COC(=O)c1cc(Cl)ccc1NCc1cccc(Br)n1. The fraction of sp³-hybridized carbons (Fsp3) is 0.143. The quantitative estimate of drug-likeness (QED) is 0.667. The number of ether oxygens (including phenoxy) is 1. The second-order valence-electron chi connectivity index (χ2n) is 3.99. The third kappa shape index (κ3) is 3.71. The normalized spacial score (nSPS) is 10.2. The van der Waals surface area contributed by atoms with Gasteiger partial charge < -0.3 is 10.1 Å². The number of benzene rings is 1. The standard InChI is InChI=1S/C14H12BrClN2O2/c1-20-14(19)11-7-9(16)5-6-12(11)17-8-10-3-2-4-13(15)18-10/h2-7,17H,8H2,1H3. The third-order valence-electron chi connectivity index (χ3n) is 2.62. The number of nitrogens with zero attached hydrogens (tertiary/aromatic N) is 1. The molecule has 0 aliphatic rings. The molecule has 2 rings (SSSR count). The Hall–Kier alpha value is -1.59. The van der Waals surface area contributed by atoms with Crippen molar-refractivity contribution in [3.63, 3.8) is 0 Å². The van der Waals surface area contributed by atoms with E-state index in [1.54, 1.807) is 18.2 Å². The maximum Gasteiger partial charge on any atom is 0.340 e. The van der Waals surface area contributed by atoms with Crippen LogP contribution in [0.5, 0.6) is 0 Å². The van der Waals surface area contributed by atoms with E-state index in [2.05, 4.69) is 26.2 Å². The lowest BCUT2D eigenvalue weighted by Crippen LogP contribution is -2.09. The van der Waals surface area contributed by atoms with E-state index in [9.17, 15) is 4.79 Å². The second kappa shape index (κ2) is 6.72. The molecule has 104 valence electrons. The van der Waals surface area contributed by atoms with Crippen molar-refractivity contribution in [3.05, 3.63) is 57.3 Å². The molecule has 20 heavy (non-hydrogen) atoms. The summed E-state index contributed by atoms with van der Waals surface area (Å²) in [5, 5.41) is 3.64. The average Bonchev–Trinajstić information content (AvgIpc) is 2.45. The number of carbonyl (C=O) groups is 1. The van der Waals surface area contributed by atoms with E-state index in [-0.39, 0.29) is 0 Å². The van der Waals surface area contributed by atoms with E-state index in [1.165, 1.54) is 7.11 Å². The molecule has 1 aromatic carbocycles. The van der Waals surface area contributed by atoms with Crippen molar-refractivity contribution in [1.29, 1.82) is 0 Å². The fourth-order valence-electron chi connectivity index (χ4n) is 1.68. The number of rotatable bonds is 4. The number of aromatic nitrogens is 1. The van der Waals surface area contributed by atoms with Gasteiger partial charge in [0, 0.05) is 10.7 Å². The van der Waals surface area contributed by atoms with Crippen molar-refractivity contribution in [2.45, 2.75) is 6.54 Å². The van der Waals surface area contributed by atoms with Crippen molar-refractivity contribution >= 4 is 39.2 Å². The molecule has 0 spiro atoms. The smallest absolute Gasteiger partial charge is 0.340 e. The Bertz CT molecular complexity index is 634. The number of anilines is 1. The molecule has 0 aliphatic carbocycles. The van der Waals surface area contributed by atoms with Gasteiger partial charge in [0.15, 0.2) is 0 Å². The topological polar surface area (TPSA) is 51.2 Å². The van der Waals surface area contributed by atoms with Crippen molar-refractivity contribution in [1.82, 2.24) is 4.98 Å². The highest BCUT2D eigenvalue weighted by molar-refractivity contribution is 9.10. The molecule has 0 saturated heterocycles. The van der Waals surface area contributed by atoms with Crippen LogP contribution in [0.1, 0.15) is 16.1 Å². The Morgan fingerprint density at radius 2 is 2.20 bits per heavy atom. The van der Waals surface area contributed by atoms with Crippen LogP contribution in [0, 0.1) is 0 Å². The van der Waals surface area contributed by atoms with Crippen LogP contribution in [0.15, 0.2) is 41.0 Å². The van der Waals surface area contributed by atoms with E-state index < -0.39 is 5.97 Å². The molecule has 0 saturated carbocycles. The van der Waals surface area contributed by atoms with Crippen LogP contribution in [-0.4, -0.2) is 18.1 Å². The molecule has 1 N–H and O–H groups in total. The van der Waals surface area contributed by atoms with E-state index in [1.807, 2.05) is 18.2 Å². The average molecular weight is 356 g/mol. The second-order valence-corrected chi connectivity index (χ2v) is 5.24. The number of esters is 1. The maximum atomic E-state index is 11.7. The van der Waals surface area contributed by atoms with Gasteiger partial charge in [-0.2, -0.15) is 0 Å². The highest BCUT2D eigenvalue weighted by Gasteiger charge is 2.12. The maximum absolute atomic E-state index is 11.7. The molecule has 4 nitrogen and oxygen atoms in total. The Morgan fingerprint density at radius 1 is 1.40 bits per heavy atom. The lowest BCUT2D eigenvalue weighted by atomic mass is 10.1. The molecule has 1 heterocycles. The van der Waals surface area contributed by atoms with Crippen molar-refractivity contribution in [2.24, 2.45) is 0 Å². The molecule has 0 radical (unpaired) electrons. The highest BCUT2D eigenvalue weighted by Crippen LogP contribution is 2.22. The molecular weight excluding hydrogens is 344 g/mol. The monoisotopic (exact) mass is 354 g/mol. The number of hydrogen-bond acceptors (Lipinski definition) is 4. The first-order chi connectivity index (χ1) is 9.60. The summed E-state index contributed by atoms with van der Waals surface area (Å²) in [5.41, 5.74) is 1.91. The van der Waals surface area contributed by atoms with Crippen LogP contribution in [-0.2, 0) is 11.3 Å². The van der Waals surface area contributed by atoms with Crippen LogP contribution >= 0.6 is 27.5 Å². The van der Waals surface area contributed by atoms with Crippen LogP contribution in [0.25, 0.3) is 0 Å². The number of halogens is 2. The zero-order chi connectivity index (χ0) is 14.5. The number of hydrogen-bond donors (Lipinski definition) is 1. The van der Waals surface area contributed by atoms with Gasteiger partial charge in [0.25, 0.3) is 0 Å². The predicted octanol–water partition coefficient (Wildman–Crippen LogP) is 3.90. The summed E-state index contributed by atoms with van der Waals surface area (Å²) >= 11 is 9.22. The van der Waals surface area contributed by atoms with Gasteiger partial charge in [-0.1, -0.05) is 17.7 Å². The Balaban J connectivity index is 2.19.